The third-order valence-corrected chi connectivity index (χ3v) is 7.27. The Hall–Kier alpha value is -4.16. The number of unbranched alkanes of at least 4 members (excludes halogenated alkanes) is 1. The summed E-state index contributed by atoms with van der Waals surface area (Å²) in [5.41, 5.74) is 3.45. The van der Waals surface area contributed by atoms with Crippen LogP contribution in [0.4, 0.5) is 3.89 Å². The first-order valence-corrected chi connectivity index (χ1v) is 13.7. The van der Waals surface area contributed by atoms with Crippen LogP contribution in [-0.4, -0.2) is 29.1 Å². The van der Waals surface area contributed by atoms with Crippen molar-refractivity contribution in [3.05, 3.63) is 64.6 Å². The maximum Gasteiger partial charge on any atom is 0.333 e. The Kier molecular flexibility index (Phi) is 6.45. The van der Waals surface area contributed by atoms with Gasteiger partial charge >= 0.3 is 10.2 Å². The Labute approximate surface area is 219 Å². The van der Waals surface area contributed by atoms with Gasteiger partial charge in [0.25, 0.3) is 0 Å². The average Bonchev–Trinajstić information content (AvgIpc) is 3.26. The number of rotatable bonds is 7. The minimum atomic E-state index is -4.97. The lowest BCUT2D eigenvalue weighted by Crippen LogP contribution is -2.13. The van der Waals surface area contributed by atoms with Gasteiger partial charge in [-0.25, -0.2) is 0 Å². The standard InChI is InChI=1S/C29H26FN3O4S/c1-5-7-10-33-25-13-22(19-12-20(16-31-15-19)38(30,35)36)26(37-17(3)4)14-23(25)28(34)27-21-9-8-18(6-2)11-24(21)32-29(27)33/h2,8-9,11-17,32H,5,7,10H2,1,3-4H3. The monoisotopic (exact) mass is 531 g/mol. The molecule has 3 heterocycles. The second kappa shape index (κ2) is 9.62. The van der Waals surface area contributed by atoms with Gasteiger partial charge in [0.1, 0.15) is 16.3 Å². The molecule has 1 N–H and O–H groups in total. The molecule has 0 spiro atoms. The fourth-order valence-corrected chi connectivity index (χ4v) is 5.21. The van der Waals surface area contributed by atoms with Gasteiger partial charge in [-0.3, -0.25) is 9.78 Å². The zero-order valence-electron chi connectivity index (χ0n) is 21.2. The minimum Gasteiger partial charge on any atom is -0.490 e. The zero-order chi connectivity index (χ0) is 27.2. The first-order chi connectivity index (χ1) is 18.1. The van der Waals surface area contributed by atoms with Crippen molar-refractivity contribution in [3.63, 3.8) is 0 Å². The second-order valence-electron chi connectivity index (χ2n) is 9.47. The molecule has 3 aromatic heterocycles. The van der Waals surface area contributed by atoms with Crippen LogP contribution >= 0.6 is 0 Å². The summed E-state index contributed by atoms with van der Waals surface area (Å²) in [7, 11) is -4.97. The molecule has 9 heteroatoms. The smallest absolute Gasteiger partial charge is 0.333 e. The highest BCUT2D eigenvalue weighted by Gasteiger charge is 2.21. The molecule has 0 aliphatic carbocycles. The highest BCUT2D eigenvalue weighted by atomic mass is 32.3. The van der Waals surface area contributed by atoms with E-state index in [2.05, 4.69) is 27.4 Å². The van der Waals surface area contributed by atoms with Crippen LogP contribution in [0, 0.1) is 12.3 Å². The molecule has 0 saturated heterocycles. The summed E-state index contributed by atoms with van der Waals surface area (Å²) in [4.78, 5) is 20.7. The summed E-state index contributed by atoms with van der Waals surface area (Å²) in [5.74, 6) is 3.00. The molecule has 194 valence electrons. The molecule has 0 saturated carbocycles. The quantitative estimate of drug-likeness (QED) is 0.208. The van der Waals surface area contributed by atoms with Crippen molar-refractivity contribution in [1.82, 2.24) is 14.5 Å². The molecular formula is C29H26FN3O4S. The van der Waals surface area contributed by atoms with E-state index in [1.807, 2.05) is 32.0 Å². The van der Waals surface area contributed by atoms with Gasteiger partial charge in [0.2, 0.25) is 0 Å². The van der Waals surface area contributed by atoms with Crippen molar-refractivity contribution >= 4 is 43.1 Å². The molecule has 2 aromatic carbocycles. The molecule has 0 aliphatic heterocycles. The maximum atomic E-state index is 13.9. The lowest BCUT2D eigenvalue weighted by molar-refractivity contribution is 0.244. The van der Waals surface area contributed by atoms with Crippen LogP contribution in [0.25, 0.3) is 44.0 Å². The van der Waals surface area contributed by atoms with Crippen molar-refractivity contribution in [2.45, 2.75) is 51.2 Å². The number of aromatic nitrogens is 3. The van der Waals surface area contributed by atoms with Crippen molar-refractivity contribution in [1.29, 1.82) is 0 Å². The predicted octanol–water partition coefficient (Wildman–Crippen LogP) is 5.92. The topological polar surface area (TPSA) is 94.1 Å². The molecule has 0 bridgehead atoms. The number of nitrogens with one attached hydrogen (secondary N) is 1. The normalized spacial score (nSPS) is 12.0. The first kappa shape index (κ1) is 25.5. The Bertz CT molecular complexity index is 1930. The predicted molar refractivity (Wildman–Crippen MR) is 148 cm³/mol. The van der Waals surface area contributed by atoms with Gasteiger partial charge in [-0.15, -0.1) is 10.3 Å². The molecular weight excluding hydrogens is 505 g/mol. The zero-order valence-corrected chi connectivity index (χ0v) is 22.0. The van der Waals surface area contributed by atoms with Crippen molar-refractivity contribution in [2.75, 3.05) is 0 Å². The Balaban J connectivity index is 1.91. The Morgan fingerprint density at radius 2 is 1.95 bits per heavy atom. The van der Waals surface area contributed by atoms with Crippen LogP contribution in [0.1, 0.15) is 39.2 Å². The van der Waals surface area contributed by atoms with Gasteiger partial charge in [-0.05, 0) is 50.6 Å². The largest absolute Gasteiger partial charge is 0.490 e. The fraction of sp³-hybridized carbons (Fsp3) is 0.241. The number of fused-ring (bicyclic) bond motifs is 4. The molecule has 0 aliphatic rings. The third kappa shape index (κ3) is 4.41. The number of nitrogens with zero attached hydrogens (tertiary/aromatic N) is 2. The molecule has 5 aromatic rings. The Morgan fingerprint density at radius 1 is 1.16 bits per heavy atom. The van der Waals surface area contributed by atoms with Gasteiger partial charge in [-0.2, -0.15) is 8.42 Å². The van der Waals surface area contributed by atoms with E-state index < -0.39 is 15.1 Å². The summed E-state index contributed by atoms with van der Waals surface area (Å²) in [6.45, 7) is 6.40. The number of ether oxygens (including phenoxy) is 1. The molecule has 0 fully saturated rings. The number of H-pyrrole nitrogens is 1. The van der Waals surface area contributed by atoms with E-state index in [4.69, 9.17) is 11.2 Å². The molecule has 7 nitrogen and oxygen atoms in total. The van der Waals surface area contributed by atoms with E-state index in [1.165, 1.54) is 12.3 Å². The summed E-state index contributed by atoms with van der Waals surface area (Å²) >= 11 is 0. The fourth-order valence-electron chi connectivity index (χ4n) is 4.76. The third-order valence-electron chi connectivity index (χ3n) is 6.48. The SMILES string of the molecule is C#Cc1ccc2c(c1)[nH]c1c2c(=O)c2cc(OC(C)C)c(-c3cncc(S(=O)(=O)F)c3)cc2n1CCCC. The van der Waals surface area contributed by atoms with Gasteiger partial charge in [0.05, 0.1) is 22.4 Å². The molecule has 5 rings (SSSR count). The van der Waals surface area contributed by atoms with Gasteiger partial charge in [0.15, 0.2) is 5.43 Å². The van der Waals surface area contributed by atoms with Crippen molar-refractivity contribution in [3.8, 4) is 29.2 Å². The van der Waals surface area contributed by atoms with E-state index in [9.17, 15) is 17.1 Å². The first-order valence-electron chi connectivity index (χ1n) is 12.3. The number of benzene rings is 2. The number of terminal acetylenes is 1. The van der Waals surface area contributed by atoms with Crippen LogP contribution in [0.15, 0.2) is 58.5 Å². The number of hydrogen-bond donors (Lipinski definition) is 1. The van der Waals surface area contributed by atoms with Crippen LogP contribution in [0.5, 0.6) is 5.75 Å². The number of aromatic amines is 1. The average molecular weight is 532 g/mol. The van der Waals surface area contributed by atoms with Crippen molar-refractivity contribution in [2.24, 2.45) is 0 Å². The number of aryl methyl sites for hydroxylation is 1. The molecule has 0 radical (unpaired) electrons. The highest BCUT2D eigenvalue weighted by molar-refractivity contribution is 7.86. The van der Waals surface area contributed by atoms with Crippen molar-refractivity contribution < 1.29 is 17.0 Å². The summed E-state index contributed by atoms with van der Waals surface area (Å²) in [6, 6.07) is 10.2. The maximum absolute atomic E-state index is 13.9. The van der Waals surface area contributed by atoms with E-state index >= 15 is 0 Å². The van der Waals surface area contributed by atoms with E-state index in [-0.39, 0.29) is 11.5 Å². The molecule has 0 unspecified atom stereocenters. The van der Waals surface area contributed by atoms with E-state index in [0.29, 0.717) is 50.9 Å². The van der Waals surface area contributed by atoms with Crippen LogP contribution in [-0.2, 0) is 16.8 Å². The summed E-state index contributed by atoms with van der Waals surface area (Å²) in [6.07, 6.45) is 9.54. The summed E-state index contributed by atoms with van der Waals surface area (Å²) in [5, 5.41) is 1.79. The summed E-state index contributed by atoms with van der Waals surface area (Å²) < 4.78 is 45.1. The Morgan fingerprint density at radius 3 is 2.63 bits per heavy atom. The number of hydrogen-bond acceptors (Lipinski definition) is 5. The van der Waals surface area contributed by atoms with Crippen LogP contribution in [0.3, 0.4) is 0 Å². The molecule has 0 amide bonds. The van der Waals surface area contributed by atoms with E-state index in [1.54, 1.807) is 12.1 Å². The van der Waals surface area contributed by atoms with Crippen LogP contribution < -0.4 is 10.2 Å². The van der Waals surface area contributed by atoms with Crippen LogP contribution in [0.2, 0.25) is 0 Å². The van der Waals surface area contributed by atoms with Gasteiger partial charge < -0.3 is 14.3 Å². The van der Waals surface area contributed by atoms with Gasteiger partial charge in [0, 0.05) is 46.5 Å². The van der Waals surface area contributed by atoms with Gasteiger partial charge in [-0.1, -0.05) is 25.3 Å². The molecule has 0 atom stereocenters. The highest BCUT2D eigenvalue weighted by Crippen LogP contribution is 2.37. The minimum absolute atomic E-state index is 0.166. The molecule has 38 heavy (non-hydrogen) atoms. The lowest BCUT2D eigenvalue weighted by atomic mass is 10.0. The number of halogens is 1. The second-order valence-corrected chi connectivity index (χ2v) is 10.8. The number of pyridine rings is 2. The van der Waals surface area contributed by atoms with E-state index in [0.717, 1.165) is 29.9 Å². The lowest BCUT2D eigenvalue weighted by Gasteiger charge is -2.19.